The predicted octanol–water partition coefficient (Wildman–Crippen LogP) is 3.27. The topological polar surface area (TPSA) is 27.0 Å². The van der Waals surface area contributed by atoms with E-state index >= 15 is 0 Å². The first-order valence-corrected chi connectivity index (χ1v) is 5.10. The second-order valence-electron chi connectivity index (χ2n) is 2.93. The Morgan fingerprint density at radius 1 is 1.19 bits per heavy atom. The first-order chi connectivity index (χ1) is 6.41. The number of nitrogens with zero attached hydrogens (tertiary/aromatic N) is 2. The molecule has 0 amide bonds. The maximum atomic E-state index is 3.61. The van der Waals surface area contributed by atoms with E-state index in [-0.39, 0.29) is 52.0 Å². The Bertz CT molecular complexity index is 140. The average molecular weight is 494 g/mol. The van der Waals surface area contributed by atoms with Gasteiger partial charge in [-0.05, 0) is 0 Å². The predicted molar refractivity (Wildman–Crippen MR) is 67.4 cm³/mol. The van der Waals surface area contributed by atoms with Crippen molar-refractivity contribution in [1.82, 2.24) is 9.97 Å². The van der Waals surface area contributed by atoms with E-state index in [0.717, 1.165) is 0 Å². The van der Waals surface area contributed by atoms with Crippen LogP contribution in [0.15, 0.2) is 18.7 Å². The van der Waals surface area contributed by atoms with Crippen LogP contribution in [0.4, 0.5) is 0 Å². The van der Waals surface area contributed by atoms with Gasteiger partial charge in [-0.25, -0.2) is 0 Å². The van der Waals surface area contributed by atoms with Crippen LogP contribution in [-0.2, 0) is 42.1 Å². The largest absolute Gasteiger partial charge is 2.00 e. The van der Waals surface area contributed by atoms with Crippen LogP contribution in [0.3, 0.4) is 0 Å². The van der Waals surface area contributed by atoms with Crippen molar-refractivity contribution in [2.75, 3.05) is 0 Å². The summed E-state index contributed by atoms with van der Waals surface area (Å²) in [5.74, 6) is 0. The van der Waals surface area contributed by atoms with Crippen LogP contribution in [0, 0.1) is 6.42 Å². The minimum atomic E-state index is 0. The molecular formula is C11H23MoN2PW. The molecule has 2 nitrogen and oxygen atoms in total. The molecule has 1 unspecified atom stereocenters. The van der Waals surface area contributed by atoms with Crippen molar-refractivity contribution in [1.29, 1.82) is 0 Å². The number of aromatic nitrogens is 2. The zero-order valence-corrected chi connectivity index (χ0v) is 16.6. The van der Waals surface area contributed by atoms with Crippen LogP contribution >= 0.6 is 9.90 Å². The maximum Gasteiger partial charge on any atom is 2.00 e. The zero-order chi connectivity index (χ0) is 9.78. The van der Waals surface area contributed by atoms with Gasteiger partial charge in [0.1, 0.15) is 0 Å². The quantitative estimate of drug-likeness (QED) is 0.272. The van der Waals surface area contributed by atoms with Crippen LogP contribution in [-0.4, -0.2) is 4.98 Å². The van der Waals surface area contributed by atoms with E-state index in [2.05, 4.69) is 30.2 Å². The Balaban J connectivity index is -0.0000000798. The molecule has 1 aromatic rings. The molecule has 0 spiro atoms. The molecule has 0 bridgehead atoms. The van der Waals surface area contributed by atoms with E-state index < -0.39 is 0 Å². The van der Waals surface area contributed by atoms with Gasteiger partial charge >= 0.3 is 21.1 Å². The second kappa shape index (κ2) is 25.0. The first kappa shape index (κ1) is 25.8. The van der Waals surface area contributed by atoms with E-state index in [9.17, 15) is 0 Å². The summed E-state index contributed by atoms with van der Waals surface area (Å²) in [7, 11) is 0. The summed E-state index contributed by atoms with van der Waals surface area (Å²) < 4.78 is 0. The first-order valence-electron chi connectivity index (χ1n) is 5.10. The van der Waals surface area contributed by atoms with Crippen LogP contribution in [0.1, 0.15) is 46.0 Å². The Morgan fingerprint density at radius 3 is 2.19 bits per heavy atom. The fraction of sp³-hybridized carbons (Fsp3) is 0.636. The number of hydrogen-bond donors (Lipinski definition) is 0. The van der Waals surface area contributed by atoms with E-state index in [0.29, 0.717) is 0 Å². The third-order valence-electron chi connectivity index (χ3n) is 1.63. The van der Waals surface area contributed by atoms with Crippen molar-refractivity contribution in [2.24, 2.45) is 0 Å². The molecule has 1 aromatic heterocycles. The van der Waals surface area contributed by atoms with Crippen molar-refractivity contribution in [3.8, 4) is 0 Å². The normalized spacial score (nSPS) is 7.38. The smallest absolute Gasteiger partial charge is 0.450 e. The Labute approximate surface area is 132 Å². The number of unbranched alkanes of at least 4 members (excludes halogenated alkanes) is 5. The third-order valence-corrected chi connectivity index (χ3v) is 1.63. The molecule has 1 atom stereocenters. The Morgan fingerprint density at radius 2 is 1.88 bits per heavy atom. The van der Waals surface area contributed by atoms with Crippen molar-refractivity contribution < 1.29 is 42.1 Å². The van der Waals surface area contributed by atoms with Crippen LogP contribution in [0.25, 0.3) is 0 Å². The van der Waals surface area contributed by atoms with Crippen molar-refractivity contribution in [3.05, 3.63) is 25.1 Å². The maximum absolute atomic E-state index is 3.61. The van der Waals surface area contributed by atoms with Gasteiger partial charge < -0.3 is 16.4 Å². The van der Waals surface area contributed by atoms with E-state index in [1.807, 2.05) is 0 Å². The van der Waals surface area contributed by atoms with E-state index in [4.69, 9.17) is 0 Å². The zero-order valence-electron chi connectivity index (χ0n) is 10.3. The molecule has 0 N–H and O–H groups in total. The molecule has 0 aliphatic heterocycles. The molecule has 0 aliphatic rings. The molecule has 0 aliphatic carbocycles. The summed E-state index contributed by atoms with van der Waals surface area (Å²) in [6.07, 6.45) is 13.8. The van der Waals surface area contributed by atoms with Crippen molar-refractivity contribution in [2.45, 2.75) is 46.0 Å². The second-order valence-corrected chi connectivity index (χ2v) is 2.93. The molecule has 1 rings (SSSR count). The fourth-order valence-electron chi connectivity index (χ4n) is 0.889. The van der Waals surface area contributed by atoms with Gasteiger partial charge in [0.15, 0.2) is 0 Å². The summed E-state index contributed by atoms with van der Waals surface area (Å²) >= 11 is 0. The molecule has 0 radical (unpaired) electrons. The minimum Gasteiger partial charge on any atom is -0.450 e. The number of hydrogen-bond acceptors (Lipinski definition) is 1. The van der Waals surface area contributed by atoms with Gasteiger partial charge in [-0.3, -0.25) is 0 Å². The fourth-order valence-corrected chi connectivity index (χ4v) is 0.889. The summed E-state index contributed by atoms with van der Waals surface area (Å²) in [6, 6.07) is 0. The Hall–Kier alpha value is 1.02. The molecule has 94 valence electrons. The van der Waals surface area contributed by atoms with Gasteiger partial charge in [-0.1, -0.05) is 51.8 Å². The van der Waals surface area contributed by atoms with Gasteiger partial charge in [-0.15, -0.1) is 0 Å². The molecular weight excluding hydrogens is 471 g/mol. The molecule has 0 aromatic carbocycles. The molecule has 5 heteroatoms. The summed E-state index contributed by atoms with van der Waals surface area (Å²) in [5.41, 5.74) is 0. The summed E-state index contributed by atoms with van der Waals surface area (Å²) in [5, 5.41) is 0. The van der Waals surface area contributed by atoms with Crippen LogP contribution in [0.2, 0.25) is 0 Å². The van der Waals surface area contributed by atoms with Gasteiger partial charge in [0.25, 0.3) is 0 Å². The third kappa shape index (κ3) is 24.3. The van der Waals surface area contributed by atoms with Gasteiger partial charge in [0.2, 0.25) is 0 Å². The SMILES string of the molecule is CCC[CH-]CCCC.P.[Mo+2].[W].c1c[n-]cn1. The van der Waals surface area contributed by atoms with E-state index in [1.165, 1.54) is 38.4 Å². The molecule has 0 fully saturated rings. The van der Waals surface area contributed by atoms with Gasteiger partial charge in [-0.2, -0.15) is 22.7 Å². The number of imidazole rings is 1. The Kier molecular flexibility index (Phi) is 40.3. The average Bonchev–Trinajstić information content (AvgIpc) is 2.70. The van der Waals surface area contributed by atoms with Crippen LogP contribution in [0.5, 0.6) is 0 Å². The monoisotopic (exact) mass is 496 g/mol. The molecule has 0 saturated heterocycles. The molecule has 1 heterocycles. The summed E-state index contributed by atoms with van der Waals surface area (Å²) in [6.45, 7) is 4.46. The van der Waals surface area contributed by atoms with Crippen molar-refractivity contribution in [3.63, 3.8) is 0 Å². The summed E-state index contributed by atoms with van der Waals surface area (Å²) in [4.78, 5) is 7.22. The van der Waals surface area contributed by atoms with Crippen LogP contribution < -0.4 is 4.98 Å². The van der Waals surface area contributed by atoms with Gasteiger partial charge in [0.05, 0.1) is 0 Å². The number of rotatable bonds is 5. The van der Waals surface area contributed by atoms with Crippen molar-refractivity contribution >= 4 is 9.90 Å². The molecule has 0 saturated carbocycles. The van der Waals surface area contributed by atoms with E-state index in [1.54, 1.807) is 12.4 Å². The molecule has 16 heavy (non-hydrogen) atoms. The minimum absolute atomic E-state index is 0. The van der Waals surface area contributed by atoms with Gasteiger partial charge in [0, 0.05) is 21.1 Å². The standard InChI is InChI=1S/C8H17.C3H3N2.Mo.H3P.W/c1-3-5-7-8-6-4-2;1-2-5-3-4-1;;;/h7H,3-6,8H2,1-2H3;1-3H;;1H3;/q2*-1;+2;;.